The summed E-state index contributed by atoms with van der Waals surface area (Å²) in [4.78, 5) is 10.9. The molecule has 2 N–H and O–H groups in total. The lowest BCUT2D eigenvalue weighted by Gasteiger charge is -2.11. The Balaban J connectivity index is 2.38. The van der Waals surface area contributed by atoms with Crippen LogP contribution >= 0.6 is 11.6 Å². The first-order chi connectivity index (χ1) is 10.0. The SMILES string of the molecule is COc1ccc(C#N)c(Nc2ccc(C(=O)O)cc2Cl)c1. The van der Waals surface area contributed by atoms with Crippen molar-refractivity contribution < 1.29 is 14.6 Å². The van der Waals surface area contributed by atoms with Crippen LogP contribution in [-0.4, -0.2) is 18.2 Å². The Hall–Kier alpha value is -2.71. The summed E-state index contributed by atoms with van der Waals surface area (Å²) in [7, 11) is 1.53. The average molecular weight is 303 g/mol. The number of aromatic carboxylic acids is 1. The van der Waals surface area contributed by atoms with Crippen molar-refractivity contribution in [1.82, 2.24) is 0 Å². The Kier molecular flexibility index (Phi) is 4.31. The molecule has 2 aromatic carbocycles. The molecule has 2 aromatic rings. The zero-order chi connectivity index (χ0) is 15.4. The van der Waals surface area contributed by atoms with Gasteiger partial charge in [0.15, 0.2) is 0 Å². The number of methoxy groups -OCH3 is 1. The van der Waals surface area contributed by atoms with Gasteiger partial charge in [0, 0.05) is 6.07 Å². The predicted octanol–water partition coefficient (Wildman–Crippen LogP) is 3.66. The second-order valence-corrected chi connectivity index (χ2v) is 4.56. The molecule has 2 rings (SSSR count). The molecule has 0 bridgehead atoms. The van der Waals surface area contributed by atoms with Gasteiger partial charge in [0.25, 0.3) is 0 Å². The Morgan fingerprint density at radius 3 is 2.62 bits per heavy atom. The Labute approximate surface area is 126 Å². The minimum Gasteiger partial charge on any atom is -0.497 e. The van der Waals surface area contributed by atoms with Crippen LogP contribution in [0.3, 0.4) is 0 Å². The molecular weight excluding hydrogens is 292 g/mol. The van der Waals surface area contributed by atoms with Crippen molar-refractivity contribution in [3.05, 3.63) is 52.5 Å². The van der Waals surface area contributed by atoms with Gasteiger partial charge in [-0.05, 0) is 30.3 Å². The first kappa shape index (κ1) is 14.7. The standard InChI is InChI=1S/C15H11ClN2O3/c1-21-11-4-2-10(8-17)14(7-11)18-13-5-3-9(15(19)20)6-12(13)16/h2-7,18H,1H3,(H,19,20). The number of carboxylic acid groups (broad SMARTS) is 1. The molecule has 21 heavy (non-hydrogen) atoms. The van der Waals surface area contributed by atoms with Gasteiger partial charge in [0.1, 0.15) is 11.8 Å². The molecule has 0 aliphatic heterocycles. The summed E-state index contributed by atoms with van der Waals surface area (Å²) in [6.07, 6.45) is 0. The predicted molar refractivity (Wildman–Crippen MR) is 79.4 cm³/mol. The van der Waals surface area contributed by atoms with Gasteiger partial charge in [-0.1, -0.05) is 11.6 Å². The molecule has 0 aliphatic carbocycles. The highest BCUT2D eigenvalue weighted by molar-refractivity contribution is 6.33. The highest BCUT2D eigenvalue weighted by Crippen LogP contribution is 2.30. The van der Waals surface area contributed by atoms with Crippen molar-refractivity contribution >= 4 is 28.9 Å². The van der Waals surface area contributed by atoms with Crippen molar-refractivity contribution in [2.75, 3.05) is 12.4 Å². The van der Waals surface area contributed by atoms with E-state index in [1.807, 2.05) is 0 Å². The molecule has 0 unspecified atom stereocenters. The molecular formula is C15H11ClN2O3. The maximum Gasteiger partial charge on any atom is 0.335 e. The minimum atomic E-state index is -1.05. The van der Waals surface area contributed by atoms with E-state index in [0.717, 1.165) is 0 Å². The lowest BCUT2D eigenvalue weighted by atomic mass is 10.1. The molecule has 6 heteroatoms. The van der Waals surface area contributed by atoms with Gasteiger partial charge >= 0.3 is 5.97 Å². The van der Waals surface area contributed by atoms with Crippen LogP contribution < -0.4 is 10.1 Å². The summed E-state index contributed by atoms with van der Waals surface area (Å²) < 4.78 is 5.11. The third-order valence-corrected chi connectivity index (χ3v) is 3.15. The van der Waals surface area contributed by atoms with Crippen LogP contribution in [0.1, 0.15) is 15.9 Å². The average Bonchev–Trinajstić information content (AvgIpc) is 2.49. The zero-order valence-electron chi connectivity index (χ0n) is 11.1. The van der Waals surface area contributed by atoms with Crippen LogP contribution in [0.25, 0.3) is 0 Å². The normalized spacial score (nSPS) is 9.76. The first-order valence-corrected chi connectivity index (χ1v) is 6.31. The van der Waals surface area contributed by atoms with Gasteiger partial charge in [-0.2, -0.15) is 5.26 Å². The number of anilines is 2. The van der Waals surface area contributed by atoms with Gasteiger partial charge in [-0.3, -0.25) is 0 Å². The smallest absolute Gasteiger partial charge is 0.335 e. The molecule has 0 aliphatic rings. The van der Waals surface area contributed by atoms with Crippen molar-refractivity contribution in [2.24, 2.45) is 0 Å². The number of benzene rings is 2. The van der Waals surface area contributed by atoms with Crippen LogP contribution in [0, 0.1) is 11.3 Å². The number of rotatable bonds is 4. The largest absolute Gasteiger partial charge is 0.497 e. The van der Waals surface area contributed by atoms with Crippen LogP contribution in [0.2, 0.25) is 5.02 Å². The monoisotopic (exact) mass is 302 g/mol. The van der Waals surface area contributed by atoms with Crippen LogP contribution in [-0.2, 0) is 0 Å². The number of ether oxygens (including phenoxy) is 1. The van der Waals surface area contributed by atoms with Gasteiger partial charge in [-0.15, -0.1) is 0 Å². The molecule has 0 heterocycles. The number of halogens is 1. The first-order valence-electron chi connectivity index (χ1n) is 5.93. The summed E-state index contributed by atoms with van der Waals surface area (Å²) in [5, 5.41) is 21.3. The third kappa shape index (κ3) is 3.25. The van der Waals surface area contributed by atoms with E-state index in [2.05, 4.69) is 11.4 Å². The van der Waals surface area contributed by atoms with E-state index >= 15 is 0 Å². The molecule has 0 amide bonds. The van der Waals surface area contributed by atoms with Crippen LogP contribution in [0.4, 0.5) is 11.4 Å². The van der Waals surface area contributed by atoms with E-state index in [9.17, 15) is 4.79 Å². The number of carboxylic acids is 1. The fourth-order valence-corrected chi connectivity index (χ4v) is 1.97. The molecule has 0 saturated carbocycles. The number of nitrogens with zero attached hydrogens (tertiary/aromatic N) is 1. The fourth-order valence-electron chi connectivity index (χ4n) is 1.75. The fraction of sp³-hybridized carbons (Fsp3) is 0.0667. The van der Waals surface area contributed by atoms with E-state index in [-0.39, 0.29) is 10.6 Å². The maximum absolute atomic E-state index is 10.9. The number of nitriles is 1. The summed E-state index contributed by atoms with van der Waals surface area (Å²) in [5.74, 6) is -0.461. The second kappa shape index (κ2) is 6.16. The molecule has 0 fully saturated rings. The summed E-state index contributed by atoms with van der Waals surface area (Å²) >= 11 is 6.05. The lowest BCUT2D eigenvalue weighted by Crippen LogP contribution is -1.99. The van der Waals surface area contributed by atoms with Gasteiger partial charge < -0.3 is 15.2 Å². The lowest BCUT2D eigenvalue weighted by molar-refractivity contribution is 0.0697. The van der Waals surface area contributed by atoms with E-state index in [1.54, 1.807) is 24.3 Å². The maximum atomic E-state index is 10.9. The summed E-state index contributed by atoms with van der Waals surface area (Å²) in [6.45, 7) is 0. The highest BCUT2D eigenvalue weighted by Gasteiger charge is 2.10. The molecule has 0 spiro atoms. The molecule has 0 atom stereocenters. The van der Waals surface area contributed by atoms with E-state index in [0.29, 0.717) is 22.7 Å². The van der Waals surface area contributed by atoms with Crippen molar-refractivity contribution in [1.29, 1.82) is 5.26 Å². The molecule has 0 aromatic heterocycles. The number of hydrogen-bond donors (Lipinski definition) is 2. The van der Waals surface area contributed by atoms with Crippen LogP contribution in [0.5, 0.6) is 5.75 Å². The van der Waals surface area contributed by atoms with E-state index in [4.69, 9.17) is 26.7 Å². The van der Waals surface area contributed by atoms with Crippen molar-refractivity contribution in [2.45, 2.75) is 0 Å². The third-order valence-electron chi connectivity index (χ3n) is 2.83. The van der Waals surface area contributed by atoms with Gasteiger partial charge in [-0.25, -0.2) is 4.79 Å². The number of nitrogens with one attached hydrogen (secondary N) is 1. The topological polar surface area (TPSA) is 82.3 Å². The highest BCUT2D eigenvalue weighted by atomic mass is 35.5. The Morgan fingerprint density at radius 1 is 1.29 bits per heavy atom. The van der Waals surface area contributed by atoms with E-state index in [1.165, 1.54) is 19.2 Å². The minimum absolute atomic E-state index is 0.0942. The quantitative estimate of drug-likeness (QED) is 0.900. The zero-order valence-corrected chi connectivity index (χ0v) is 11.8. The Morgan fingerprint density at radius 2 is 2.05 bits per heavy atom. The van der Waals surface area contributed by atoms with Crippen LogP contribution in [0.15, 0.2) is 36.4 Å². The van der Waals surface area contributed by atoms with E-state index < -0.39 is 5.97 Å². The molecule has 5 nitrogen and oxygen atoms in total. The van der Waals surface area contributed by atoms with Crippen molar-refractivity contribution in [3.8, 4) is 11.8 Å². The van der Waals surface area contributed by atoms with Gasteiger partial charge in [0.05, 0.1) is 34.6 Å². The molecule has 0 radical (unpaired) electrons. The molecule has 0 saturated heterocycles. The summed E-state index contributed by atoms with van der Waals surface area (Å²) in [5.41, 5.74) is 1.55. The summed E-state index contributed by atoms with van der Waals surface area (Å²) in [6, 6.07) is 11.4. The van der Waals surface area contributed by atoms with Crippen molar-refractivity contribution in [3.63, 3.8) is 0 Å². The number of hydrogen-bond acceptors (Lipinski definition) is 4. The Bertz CT molecular complexity index is 738. The number of carbonyl (C=O) groups is 1. The van der Waals surface area contributed by atoms with Gasteiger partial charge in [0.2, 0.25) is 0 Å². The molecule has 106 valence electrons. The second-order valence-electron chi connectivity index (χ2n) is 4.15.